The lowest BCUT2D eigenvalue weighted by Crippen LogP contribution is -2.42. The van der Waals surface area contributed by atoms with Gasteiger partial charge in [-0.15, -0.1) is 0 Å². The Morgan fingerprint density at radius 2 is 1.71 bits per heavy atom. The quantitative estimate of drug-likeness (QED) is 0.923. The minimum atomic E-state index is -0.523. The van der Waals surface area contributed by atoms with E-state index in [1.807, 2.05) is 54.6 Å². The summed E-state index contributed by atoms with van der Waals surface area (Å²) in [6.45, 7) is 0.526. The average molecular weight is 303 g/mol. The highest BCUT2D eigenvalue weighted by Crippen LogP contribution is 2.12. The first-order valence-electron chi connectivity index (χ1n) is 6.85. The van der Waals surface area contributed by atoms with Crippen molar-refractivity contribution in [2.45, 2.75) is 19.0 Å². The van der Waals surface area contributed by atoms with Crippen molar-refractivity contribution in [2.75, 3.05) is 7.05 Å². The molecule has 0 saturated carbocycles. The summed E-state index contributed by atoms with van der Waals surface area (Å²) in [4.78, 5) is 13.9. The van der Waals surface area contributed by atoms with Gasteiger partial charge < -0.3 is 10.6 Å². The first-order chi connectivity index (χ1) is 10.1. The van der Waals surface area contributed by atoms with Crippen LogP contribution in [0.15, 0.2) is 54.6 Å². The maximum absolute atomic E-state index is 12.3. The van der Waals surface area contributed by atoms with Gasteiger partial charge in [0, 0.05) is 18.6 Å². The van der Waals surface area contributed by atoms with Crippen LogP contribution in [0.1, 0.15) is 11.1 Å². The second kappa shape index (κ2) is 7.25. The Bertz CT molecular complexity index is 583. The van der Waals surface area contributed by atoms with Gasteiger partial charge in [-0.1, -0.05) is 54.1 Å². The van der Waals surface area contributed by atoms with Crippen LogP contribution in [0.25, 0.3) is 0 Å². The number of nitrogens with two attached hydrogens (primary N) is 1. The van der Waals surface area contributed by atoms with Gasteiger partial charge in [0.15, 0.2) is 0 Å². The standard InChI is InChI=1S/C17H19ClN2O/c1-20(12-14-7-9-15(18)10-8-14)17(21)16(19)11-13-5-3-2-4-6-13/h2-10,16H,11-12,19H2,1H3. The average Bonchev–Trinajstić information content (AvgIpc) is 2.49. The van der Waals surface area contributed by atoms with Crippen LogP contribution in [0.4, 0.5) is 0 Å². The predicted molar refractivity (Wildman–Crippen MR) is 86.0 cm³/mol. The van der Waals surface area contributed by atoms with Crippen LogP contribution >= 0.6 is 11.6 Å². The topological polar surface area (TPSA) is 46.3 Å². The van der Waals surface area contributed by atoms with Gasteiger partial charge in [0.05, 0.1) is 6.04 Å². The van der Waals surface area contributed by atoms with E-state index in [-0.39, 0.29) is 5.91 Å². The molecule has 110 valence electrons. The lowest BCUT2D eigenvalue weighted by molar-refractivity contribution is -0.131. The van der Waals surface area contributed by atoms with Crippen LogP contribution < -0.4 is 5.73 Å². The minimum absolute atomic E-state index is 0.0613. The molecular formula is C17H19ClN2O. The summed E-state index contributed by atoms with van der Waals surface area (Å²) in [7, 11) is 1.77. The van der Waals surface area contributed by atoms with E-state index in [1.165, 1.54) is 0 Å². The summed E-state index contributed by atoms with van der Waals surface area (Å²) in [5, 5.41) is 0.688. The number of hydrogen-bond acceptors (Lipinski definition) is 2. The number of halogens is 1. The number of likely N-dealkylation sites (N-methyl/N-ethyl adjacent to an activating group) is 1. The van der Waals surface area contributed by atoms with Crippen molar-refractivity contribution in [3.05, 3.63) is 70.7 Å². The number of hydrogen-bond donors (Lipinski definition) is 1. The fraction of sp³-hybridized carbons (Fsp3) is 0.235. The van der Waals surface area contributed by atoms with Crippen LogP contribution in [0.2, 0.25) is 5.02 Å². The summed E-state index contributed by atoms with van der Waals surface area (Å²) in [6, 6.07) is 16.7. The van der Waals surface area contributed by atoms with Crippen LogP contribution in [-0.4, -0.2) is 23.9 Å². The molecule has 0 aliphatic rings. The number of amides is 1. The van der Waals surface area contributed by atoms with Gasteiger partial charge in [0.2, 0.25) is 5.91 Å². The largest absolute Gasteiger partial charge is 0.340 e. The number of carbonyl (C=O) groups excluding carboxylic acids is 1. The fourth-order valence-electron chi connectivity index (χ4n) is 2.18. The maximum Gasteiger partial charge on any atom is 0.239 e. The van der Waals surface area contributed by atoms with Crippen LogP contribution in [0.5, 0.6) is 0 Å². The van der Waals surface area contributed by atoms with Crippen LogP contribution in [-0.2, 0) is 17.8 Å². The zero-order valence-corrected chi connectivity index (χ0v) is 12.8. The summed E-state index contributed by atoms with van der Waals surface area (Å²) < 4.78 is 0. The normalized spacial score (nSPS) is 12.0. The second-order valence-electron chi connectivity index (χ2n) is 5.12. The SMILES string of the molecule is CN(Cc1ccc(Cl)cc1)C(=O)C(N)Cc1ccccc1. The summed E-state index contributed by atoms with van der Waals surface area (Å²) in [5.41, 5.74) is 8.11. The Morgan fingerprint density at radius 1 is 1.10 bits per heavy atom. The van der Waals surface area contributed by atoms with Gasteiger partial charge in [0.1, 0.15) is 0 Å². The highest BCUT2D eigenvalue weighted by atomic mass is 35.5. The van der Waals surface area contributed by atoms with Gasteiger partial charge in [-0.25, -0.2) is 0 Å². The molecule has 2 rings (SSSR count). The van der Waals surface area contributed by atoms with Crippen molar-refractivity contribution in [3.8, 4) is 0 Å². The number of carbonyl (C=O) groups is 1. The number of rotatable bonds is 5. The molecule has 1 amide bonds. The van der Waals surface area contributed by atoms with Crippen molar-refractivity contribution in [1.29, 1.82) is 0 Å². The summed E-state index contributed by atoms with van der Waals surface area (Å²) >= 11 is 5.85. The Balaban J connectivity index is 1.93. The third kappa shape index (κ3) is 4.59. The number of nitrogens with zero attached hydrogens (tertiary/aromatic N) is 1. The molecule has 0 spiro atoms. The zero-order valence-electron chi connectivity index (χ0n) is 12.0. The molecule has 0 bridgehead atoms. The summed E-state index contributed by atoms with van der Waals surface area (Å²) in [6.07, 6.45) is 0.546. The van der Waals surface area contributed by atoms with E-state index >= 15 is 0 Å². The van der Waals surface area contributed by atoms with Crippen LogP contribution in [0.3, 0.4) is 0 Å². The van der Waals surface area contributed by atoms with Gasteiger partial charge in [0.25, 0.3) is 0 Å². The fourth-order valence-corrected chi connectivity index (χ4v) is 2.31. The van der Waals surface area contributed by atoms with Crippen molar-refractivity contribution in [1.82, 2.24) is 4.90 Å². The van der Waals surface area contributed by atoms with Gasteiger partial charge in [-0.2, -0.15) is 0 Å². The van der Waals surface area contributed by atoms with Crippen molar-refractivity contribution in [3.63, 3.8) is 0 Å². The molecule has 2 N–H and O–H groups in total. The molecule has 0 fully saturated rings. The third-order valence-electron chi connectivity index (χ3n) is 3.32. The smallest absolute Gasteiger partial charge is 0.239 e. The first-order valence-corrected chi connectivity index (χ1v) is 7.23. The lowest BCUT2D eigenvalue weighted by Gasteiger charge is -2.21. The predicted octanol–water partition coefficient (Wildman–Crippen LogP) is 2.87. The van der Waals surface area contributed by atoms with E-state index in [9.17, 15) is 4.79 Å². The third-order valence-corrected chi connectivity index (χ3v) is 3.58. The summed E-state index contributed by atoms with van der Waals surface area (Å²) in [5.74, 6) is -0.0613. The molecule has 4 heteroatoms. The van der Waals surface area contributed by atoms with Gasteiger partial charge >= 0.3 is 0 Å². The van der Waals surface area contributed by atoms with E-state index in [2.05, 4.69) is 0 Å². The Hall–Kier alpha value is -1.84. The molecule has 0 radical (unpaired) electrons. The molecule has 21 heavy (non-hydrogen) atoms. The Kier molecular flexibility index (Phi) is 5.37. The molecule has 0 aromatic heterocycles. The van der Waals surface area contributed by atoms with Crippen LogP contribution in [0, 0.1) is 0 Å². The molecule has 0 heterocycles. The van der Waals surface area contributed by atoms with Gasteiger partial charge in [-0.05, 0) is 29.7 Å². The van der Waals surface area contributed by atoms with E-state index in [4.69, 9.17) is 17.3 Å². The molecule has 1 atom stereocenters. The number of benzene rings is 2. The monoisotopic (exact) mass is 302 g/mol. The second-order valence-corrected chi connectivity index (χ2v) is 5.55. The van der Waals surface area contributed by atoms with E-state index in [0.717, 1.165) is 11.1 Å². The lowest BCUT2D eigenvalue weighted by atomic mass is 10.1. The maximum atomic E-state index is 12.3. The van der Waals surface area contributed by atoms with Gasteiger partial charge in [-0.3, -0.25) is 4.79 Å². The zero-order chi connectivity index (χ0) is 15.2. The Labute approximate surface area is 130 Å². The van der Waals surface area contributed by atoms with E-state index < -0.39 is 6.04 Å². The molecule has 1 unspecified atom stereocenters. The molecule has 2 aromatic carbocycles. The molecule has 0 aliphatic carbocycles. The van der Waals surface area contributed by atoms with Crippen molar-refractivity contribution < 1.29 is 4.79 Å². The highest BCUT2D eigenvalue weighted by Gasteiger charge is 2.18. The van der Waals surface area contributed by atoms with E-state index in [1.54, 1.807) is 11.9 Å². The van der Waals surface area contributed by atoms with Crippen molar-refractivity contribution in [2.24, 2.45) is 5.73 Å². The minimum Gasteiger partial charge on any atom is -0.340 e. The molecule has 3 nitrogen and oxygen atoms in total. The highest BCUT2D eigenvalue weighted by molar-refractivity contribution is 6.30. The van der Waals surface area contributed by atoms with E-state index in [0.29, 0.717) is 18.0 Å². The molecule has 0 aliphatic heterocycles. The Morgan fingerprint density at radius 3 is 2.33 bits per heavy atom. The van der Waals surface area contributed by atoms with Crippen molar-refractivity contribution >= 4 is 17.5 Å². The first kappa shape index (κ1) is 15.5. The molecular weight excluding hydrogens is 284 g/mol. The molecule has 2 aromatic rings. The molecule has 0 saturated heterocycles.